The Labute approximate surface area is 149 Å². The van der Waals surface area contributed by atoms with Crippen molar-refractivity contribution in [3.8, 4) is 0 Å². The summed E-state index contributed by atoms with van der Waals surface area (Å²) in [5.74, 6) is 1.38. The number of hydrogen-bond acceptors (Lipinski definition) is 3. The van der Waals surface area contributed by atoms with Gasteiger partial charge in [0.1, 0.15) is 0 Å². The van der Waals surface area contributed by atoms with Crippen LogP contribution in [-0.2, 0) is 9.59 Å². The summed E-state index contributed by atoms with van der Waals surface area (Å²) in [4.78, 5) is 25.9. The first-order valence-electron chi connectivity index (χ1n) is 8.73. The number of rotatable bonds is 7. The summed E-state index contributed by atoms with van der Waals surface area (Å²) in [5, 5.41) is 2.87. The van der Waals surface area contributed by atoms with Crippen LogP contribution in [0.25, 0.3) is 0 Å². The molecular formula is C19H28N2O2S. The minimum absolute atomic E-state index is 0.0617. The molecule has 1 N–H and O–H groups in total. The zero-order valence-corrected chi connectivity index (χ0v) is 15.5. The van der Waals surface area contributed by atoms with Crippen LogP contribution in [0.15, 0.2) is 24.3 Å². The molecule has 1 fully saturated rings. The molecule has 24 heavy (non-hydrogen) atoms. The van der Waals surface area contributed by atoms with Gasteiger partial charge >= 0.3 is 0 Å². The number of aryl methyl sites for hydroxylation is 1. The zero-order chi connectivity index (χ0) is 17.4. The lowest BCUT2D eigenvalue weighted by atomic mass is 9.89. The van der Waals surface area contributed by atoms with Gasteiger partial charge in [-0.2, -0.15) is 0 Å². The number of thioether (sulfide) groups is 1. The number of carbonyl (C=O) groups is 2. The molecule has 1 aliphatic rings. The van der Waals surface area contributed by atoms with Gasteiger partial charge in [-0.05, 0) is 43.4 Å². The molecule has 2 rings (SSSR count). The minimum atomic E-state index is -0.0617. The van der Waals surface area contributed by atoms with Crippen LogP contribution < -0.4 is 5.32 Å². The Hall–Kier alpha value is -1.49. The highest BCUT2D eigenvalue weighted by atomic mass is 32.2. The van der Waals surface area contributed by atoms with Gasteiger partial charge in [-0.1, -0.05) is 31.4 Å². The molecule has 0 saturated heterocycles. The average molecular weight is 349 g/mol. The Kier molecular flexibility index (Phi) is 7.63. The number of benzene rings is 1. The van der Waals surface area contributed by atoms with E-state index in [9.17, 15) is 9.59 Å². The van der Waals surface area contributed by atoms with Gasteiger partial charge in [-0.15, -0.1) is 11.8 Å². The molecule has 132 valence electrons. The maximum atomic E-state index is 12.2. The Balaban J connectivity index is 1.65. The molecular weight excluding hydrogens is 320 g/mol. The topological polar surface area (TPSA) is 49.4 Å². The van der Waals surface area contributed by atoms with Gasteiger partial charge in [0, 0.05) is 19.3 Å². The largest absolute Gasteiger partial charge is 0.345 e. The van der Waals surface area contributed by atoms with Crippen LogP contribution in [0.3, 0.4) is 0 Å². The van der Waals surface area contributed by atoms with Crippen molar-refractivity contribution in [2.45, 2.75) is 39.0 Å². The molecule has 1 aliphatic carbocycles. The van der Waals surface area contributed by atoms with Crippen LogP contribution in [0.2, 0.25) is 0 Å². The number of carbonyl (C=O) groups excluding carboxylic acids is 2. The molecule has 0 radical (unpaired) electrons. The molecule has 0 atom stereocenters. The third-order valence-electron chi connectivity index (χ3n) is 4.44. The van der Waals surface area contributed by atoms with E-state index < -0.39 is 0 Å². The zero-order valence-electron chi connectivity index (χ0n) is 14.7. The first-order chi connectivity index (χ1) is 11.5. The van der Waals surface area contributed by atoms with Gasteiger partial charge in [0.05, 0.1) is 11.5 Å². The fourth-order valence-corrected chi connectivity index (χ4v) is 3.87. The normalized spacial score (nSPS) is 15.1. The minimum Gasteiger partial charge on any atom is -0.345 e. The predicted molar refractivity (Wildman–Crippen MR) is 101 cm³/mol. The molecule has 1 aromatic carbocycles. The summed E-state index contributed by atoms with van der Waals surface area (Å²) in [6.07, 6.45) is 6.40. The second kappa shape index (κ2) is 9.72. The van der Waals surface area contributed by atoms with Crippen molar-refractivity contribution in [3.63, 3.8) is 0 Å². The van der Waals surface area contributed by atoms with Crippen LogP contribution in [-0.4, -0.2) is 41.8 Å². The fourth-order valence-electron chi connectivity index (χ4n) is 3.12. The summed E-state index contributed by atoms with van der Waals surface area (Å²) in [5.41, 5.74) is 1.92. The Bertz CT molecular complexity index is 556. The van der Waals surface area contributed by atoms with E-state index in [0.29, 0.717) is 17.4 Å². The number of nitrogens with zero attached hydrogens (tertiary/aromatic N) is 1. The maximum absolute atomic E-state index is 12.2. The predicted octanol–water partition coefficient (Wildman–Crippen LogP) is 3.71. The Morgan fingerprint density at radius 3 is 2.67 bits per heavy atom. The third kappa shape index (κ3) is 6.56. The molecule has 1 aromatic rings. The highest BCUT2D eigenvalue weighted by Gasteiger charge is 2.18. The third-order valence-corrected chi connectivity index (χ3v) is 5.36. The highest BCUT2D eigenvalue weighted by molar-refractivity contribution is 8.00. The first kappa shape index (κ1) is 18.8. The van der Waals surface area contributed by atoms with E-state index in [0.717, 1.165) is 17.8 Å². The second-order valence-electron chi connectivity index (χ2n) is 6.69. The Morgan fingerprint density at radius 2 is 1.96 bits per heavy atom. The lowest BCUT2D eigenvalue weighted by Crippen LogP contribution is -2.34. The van der Waals surface area contributed by atoms with Gasteiger partial charge in [0.2, 0.25) is 11.8 Å². The number of hydrogen-bond donors (Lipinski definition) is 1. The summed E-state index contributed by atoms with van der Waals surface area (Å²) in [6.45, 7) is 2.85. The monoisotopic (exact) mass is 348 g/mol. The van der Waals surface area contributed by atoms with Crippen LogP contribution in [0.5, 0.6) is 0 Å². The van der Waals surface area contributed by atoms with E-state index >= 15 is 0 Å². The molecule has 0 heterocycles. The van der Waals surface area contributed by atoms with E-state index in [1.54, 1.807) is 0 Å². The van der Waals surface area contributed by atoms with Gasteiger partial charge in [0.15, 0.2) is 0 Å². The van der Waals surface area contributed by atoms with Crippen molar-refractivity contribution in [2.24, 2.45) is 5.92 Å². The molecule has 0 bridgehead atoms. The van der Waals surface area contributed by atoms with Gasteiger partial charge in [-0.3, -0.25) is 9.59 Å². The van der Waals surface area contributed by atoms with Crippen molar-refractivity contribution in [1.29, 1.82) is 0 Å². The first-order valence-corrected chi connectivity index (χ1v) is 9.88. The van der Waals surface area contributed by atoms with E-state index in [2.05, 4.69) is 5.32 Å². The fraction of sp³-hybridized carbons (Fsp3) is 0.579. The maximum Gasteiger partial charge on any atom is 0.234 e. The van der Waals surface area contributed by atoms with Crippen molar-refractivity contribution in [2.75, 3.05) is 30.4 Å². The standard InChI is InChI=1S/C19H28N2O2S/c1-15-7-6-10-17(11-15)20-18(22)13-24-14-19(23)21(2)12-16-8-4-3-5-9-16/h6-7,10-11,16H,3-5,8-9,12-14H2,1-2H3,(H,20,22). The summed E-state index contributed by atoms with van der Waals surface area (Å²) >= 11 is 1.38. The highest BCUT2D eigenvalue weighted by Crippen LogP contribution is 2.24. The van der Waals surface area contributed by atoms with Crippen molar-refractivity contribution in [3.05, 3.63) is 29.8 Å². The van der Waals surface area contributed by atoms with Crippen LogP contribution in [0.4, 0.5) is 5.69 Å². The lowest BCUT2D eigenvalue weighted by molar-refractivity contribution is -0.127. The smallest absolute Gasteiger partial charge is 0.234 e. The van der Waals surface area contributed by atoms with E-state index in [1.807, 2.05) is 43.1 Å². The average Bonchev–Trinajstić information content (AvgIpc) is 2.55. The van der Waals surface area contributed by atoms with Crippen LogP contribution in [0, 0.1) is 12.8 Å². The molecule has 0 aromatic heterocycles. The van der Waals surface area contributed by atoms with Crippen LogP contribution in [0.1, 0.15) is 37.7 Å². The molecule has 1 saturated carbocycles. The second-order valence-corrected chi connectivity index (χ2v) is 7.67. The van der Waals surface area contributed by atoms with E-state index in [-0.39, 0.29) is 11.8 Å². The number of anilines is 1. The van der Waals surface area contributed by atoms with Gasteiger partial charge in [-0.25, -0.2) is 0 Å². The summed E-state index contributed by atoms with van der Waals surface area (Å²) in [6, 6.07) is 7.72. The molecule has 2 amide bonds. The molecule has 0 unspecified atom stereocenters. The number of amides is 2. The Morgan fingerprint density at radius 1 is 1.21 bits per heavy atom. The summed E-state index contributed by atoms with van der Waals surface area (Å²) in [7, 11) is 1.88. The van der Waals surface area contributed by atoms with Gasteiger partial charge < -0.3 is 10.2 Å². The van der Waals surface area contributed by atoms with Crippen LogP contribution >= 0.6 is 11.8 Å². The number of nitrogens with one attached hydrogen (secondary N) is 1. The van der Waals surface area contributed by atoms with Crippen molar-refractivity contribution < 1.29 is 9.59 Å². The summed E-state index contributed by atoms with van der Waals surface area (Å²) < 4.78 is 0. The molecule has 5 heteroatoms. The van der Waals surface area contributed by atoms with Crippen molar-refractivity contribution in [1.82, 2.24) is 4.90 Å². The molecule has 4 nitrogen and oxygen atoms in total. The quantitative estimate of drug-likeness (QED) is 0.817. The SMILES string of the molecule is Cc1cccc(NC(=O)CSCC(=O)N(C)CC2CCCCC2)c1. The molecule has 0 spiro atoms. The molecule has 0 aliphatic heterocycles. The van der Waals surface area contributed by atoms with E-state index in [1.165, 1.54) is 43.9 Å². The van der Waals surface area contributed by atoms with Gasteiger partial charge in [0.25, 0.3) is 0 Å². The van der Waals surface area contributed by atoms with E-state index in [4.69, 9.17) is 0 Å². The van der Waals surface area contributed by atoms with Crippen molar-refractivity contribution >= 4 is 29.3 Å². The lowest BCUT2D eigenvalue weighted by Gasteiger charge is -2.27.